The molecule has 0 saturated carbocycles. The molecule has 5 heteroatoms. The van der Waals surface area contributed by atoms with Gasteiger partial charge in [-0.3, -0.25) is 4.79 Å². The predicted molar refractivity (Wildman–Crippen MR) is 115 cm³/mol. The highest BCUT2D eigenvalue weighted by Crippen LogP contribution is 2.31. The third-order valence-electron chi connectivity index (χ3n) is 5.61. The van der Waals surface area contributed by atoms with E-state index in [4.69, 9.17) is 19.6 Å². The van der Waals surface area contributed by atoms with Crippen molar-refractivity contribution in [1.29, 1.82) is 0 Å². The first-order valence-electron chi connectivity index (χ1n) is 11.3. The van der Waals surface area contributed by atoms with Gasteiger partial charge in [-0.05, 0) is 57.8 Å². The van der Waals surface area contributed by atoms with E-state index in [1.807, 2.05) is 6.08 Å². The molecular weight excluding hydrogens is 368 g/mol. The lowest BCUT2D eigenvalue weighted by molar-refractivity contribution is -0.385. The molecule has 0 aromatic rings. The zero-order valence-electron chi connectivity index (χ0n) is 17.7. The van der Waals surface area contributed by atoms with E-state index in [9.17, 15) is 4.79 Å². The fraction of sp³-hybridized carbons (Fsp3) is 0.708. The fourth-order valence-corrected chi connectivity index (χ4v) is 3.95. The van der Waals surface area contributed by atoms with Crippen LogP contribution in [-0.4, -0.2) is 35.5 Å². The van der Waals surface area contributed by atoms with Gasteiger partial charge < -0.3 is 9.84 Å². The second kappa shape index (κ2) is 14.5. The van der Waals surface area contributed by atoms with Crippen molar-refractivity contribution in [3.05, 3.63) is 37.0 Å². The van der Waals surface area contributed by atoms with Gasteiger partial charge in [0.2, 0.25) is 0 Å². The molecule has 0 amide bonds. The van der Waals surface area contributed by atoms with Crippen LogP contribution in [0.4, 0.5) is 0 Å². The van der Waals surface area contributed by atoms with E-state index < -0.39 is 5.97 Å². The first-order chi connectivity index (χ1) is 14.2. The summed E-state index contributed by atoms with van der Waals surface area (Å²) in [5.41, 5.74) is 0. The van der Waals surface area contributed by atoms with Crippen molar-refractivity contribution < 1.29 is 24.4 Å². The quantitative estimate of drug-likeness (QED) is 0.168. The minimum atomic E-state index is -0.846. The van der Waals surface area contributed by atoms with E-state index in [-0.39, 0.29) is 24.7 Å². The summed E-state index contributed by atoms with van der Waals surface area (Å²) in [6.07, 6.45) is 23.7. The van der Waals surface area contributed by atoms with Crippen molar-refractivity contribution in [2.24, 2.45) is 0 Å². The van der Waals surface area contributed by atoms with Gasteiger partial charge >= 0.3 is 5.97 Å². The minimum Gasteiger partial charge on any atom is -0.481 e. The molecule has 0 radical (unpaired) electrons. The van der Waals surface area contributed by atoms with Crippen molar-refractivity contribution in [2.45, 2.75) is 108 Å². The van der Waals surface area contributed by atoms with E-state index in [1.54, 1.807) is 0 Å². The molecule has 2 aliphatic heterocycles. The largest absolute Gasteiger partial charge is 0.481 e. The third-order valence-corrected chi connectivity index (χ3v) is 5.61. The lowest BCUT2D eigenvalue weighted by Crippen LogP contribution is -2.37. The number of unbranched alkanes of at least 4 members (excludes halogenated alkanes) is 5. The van der Waals surface area contributed by atoms with E-state index in [2.05, 4.69) is 30.9 Å². The number of aliphatic carboxylic acids is 1. The molecule has 1 N–H and O–H groups in total. The first kappa shape index (κ1) is 23.8. The zero-order valence-corrected chi connectivity index (χ0v) is 17.7. The van der Waals surface area contributed by atoms with Gasteiger partial charge in [0.1, 0.15) is 12.2 Å². The molecule has 5 nitrogen and oxygen atoms in total. The molecular formula is C24H38O5. The molecule has 0 aromatic heterocycles. The normalized spacial score (nSPS) is 27.7. The van der Waals surface area contributed by atoms with Gasteiger partial charge in [0.25, 0.3) is 0 Å². The van der Waals surface area contributed by atoms with Gasteiger partial charge in [-0.25, -0.2) is 9.78 Å². The number of allylic oxidation sites excluding steroid dienone is 5. The molecule has 29 heavy (non-hydrogen) atoms. The van der Waals surface area contributed by atoms with Gasteiger partial charge in [0.15, 0.2) is 0 Å². The van der Waals surface area contributed by atoms with E-state index in [0.717, 1.165) is 51.4 Å². The molecule has 0 aromatic carbocycles. The Bertz CT molecular complexity index is 519. The van der Waals surface area contributed by atoms with E-state index in [0.29, 0.717) is 6.10 Å². The van der Waals surface area contributed by atoms with Crippen molar-refractivity contribution in [2.75, 3.05) is 0 Å². The summed E-state index contributed by atoms with van der Waals surface area (Å²) >= 11 is 0. The van der Waals surface area contributed by atoms with Crippen LogP contribution in [0, 0.1) is 0 Å². The molecule has 2 heterocycles. The van der Waals surface area contributed by atoms with Crippen LogP contribution in [-0.2, 0) is 19.3 Å². The van der Waals surface area contributed by atoms with Crippen LogP contribution >= 0.6 is 0 Å². The summed E-state index contributed by atoms with van der Waals surface area (Å²) in [5.74, 6) is -0.846. The molecule has 2 aliphatic rings. The maximum Gasteiger partial charge on any atom is 0.306 e. The molecule has 0 spiro atoms. The average molecular weight is 407 g/mol. The Kier molecular flexibility index (Phi) is 12.0. The van der Waals surface area contributed by atoms with Gasteiger partial charge in [-0.1, -0.05) is 49.6 Å². The summed E-state index contributed by atoms with van der Waals surface area (Å²) in [7, 11) is 0. The number of rotatable bonds is 14. The maximum atomic E-state index is 10.7. The number of carboxylic acids is 1. The van der Waals surface area contributed by atoms with Gasteiger partial charge in [0.05, 0.1) is 18.6 Å². The Morgan fingerprint density at radius 2 is 1.59 bits per heavy atom. The Morgan fingerprint density at radius 1 is 0.862 bits per heavy atom. The second-order valence-corrected chi connectivity index (χ2v) is 8.12. The second-order valence-electron chi connectivity index (χ2n) is 8.12. The highest BCUT2D eigenvalue weighted by atomic mass is 17.2. The summed E-state index contributed by atoms with van der Waals surface area (Å²) in [6.45, 7) is 3.72. The lowest BCUT2D eigenvalue weighted by atomic mass is 10.0. The number of carboxylic acid groups (broad SMARTS) is 1. The molecule has 4 atom stereocenters. The monoisotopic (exact) mass is 406 g/mol. The molecule has 164 valence electrons. The van der Waals surface area contributed by atoms with Crippen LogP contribution < -0.4 is 0 Å². The van der Waals surface area contributed by atoms with Crippen LogP contribution in [0.15, 0.2) is 37.0 Å². The molecule has 0 unspecified atom stereocenters. The molecule has 2 fully saturated rings. The third kappa shape index (κ3) is 10.2. The SMILES string of the molecule is C=CCC/C=C\C=C/CCCCCC[C@H]1CC[C@H]([C@@H]2CC[C@@H](CC(=O)O)OO2)O1. The Morgan fingerprint density at radius 3 is 2.31 bits per heavy atom. The average Bonchev–Trinajstić information content (AvgIpc) is 3.18. The highest BCUT2D eigenvalue weighted by molar-refractivity contribution is 5.67. The summed E-state index contributed by atoms with van der Waals surface area (Å²) in [5, 5.41) is 8.82. The molecule has 2 saturated heterocycles. The standard InChI is InChI=1S/C24H38O5/c1-2-3-4-5-6-7-8-9-10-11-12-13-14-20-15-17-22(27-20)23-18-16-21(28-29-23)19-24(25)26/h2,5-8,20-23H,1,3-4,9-19H2,(H,25,26)/b6-5-,8-7-/t20-,21-,22+,23-/m0/s1. The minimum absolute atomic E-state index is 0.00307. The topological polar surface area (TPSA) is 65.0 Å². The maximum absolute atomic E-state index is 10.7. The Hall–Kier alpha value is -1.43. The number of ether oxygens (including phenoxy) is 1. The van der Waals surface area contributed by atoms with Crippen LogP contribution in [0.2, 0.25) is 0 Å². The van der Waals surface area contributed by atoms with Crippen molar-refractivity contribution in [3.63, 3.8) is 0 Å². The van der Waals surface area contributed by atoms with Gasteiger partial charge in [0, 0.05) is 0 Å². The Balaban J connectivity index is 1.46. The smallest absolute Gasteiger partial charge is 0.306 e. The van der Waals surface area contributed by atoms with Crippen LogP contribution in [0.3, 0.4) is 0 Å². The predicted octanol–water partition coefficient (Wildman–Crippen LogP) is 5.91. The van der Waals surface area contributed by atoms with E-state index >= 15 is 0 Å². The van der Waals surface area contributed by atoms with Crippen LogP contribution in [0.25, 0.3) is 0 Å². The van der Waals surface area contributed by atoms with Crippen molar-refractivity contribution in [3.8, 4) is 0 Å². The number of carbonyl (C=O) groups is 1. The highest BCUT2D eigenvalue weighted by Gasteiger charge is 2.36. The van der Waals surface area contributed by atoms with Crippen molar-refractivity contribution >= 4 is 5.97 Å². The lowest BCUT2D eigenvalue weighted by Gasteiger charge is -2.30. The number of hydrogen-bond donors (Lipinski definition) is 1. The van der Waals surface area contributed by atoms with Crippen molar-refractivity contribution in [1.82, 2.24) is 0 Å². The zero-order chi connectivity index (χ0) is 20.7. The fourth-order valence-electron chi connectivity index (χ4n) is 3.95. The van der Waals surface area contributed by atoms with Crippen LogP contribution in [0.1, 0.15) is 83.5 Å². The van der Waals surface area contributed by atoms with E-state index in [1.165, 1.54) is 25.7 Å². The van der Waals surface area contributed by atoms with Gasteiger partial charge in [-0.15, -0.1) is 6.58 Å². The number of hydrogen-bond acceptors (Lipinski definition) is 4. The first-order valence-corrected chi connectivity index (χ1v) is 11.3. The summed E-state index contributed by atoms with van der Waals surface area (Å²) in [4.78, 5) is 21.4. The molecule has 0 bridgehead atoms. The summed E-state index contributed by atoms with van der Waals surface area (Å²) < 4.78 is 6.17. The van der Waals surface area contributed by atoms with Crippen LogP contribution in [0.5, 0.6) is 0 Å². The summed E-state index contributed by atoms with van der Waals surface area (Å²) in [6, 6.07) is 0. The molecule has 2 rings (SSSR count). The Labute approximate surface area is 175 Å². The molecule has 0 aliphatic carbocycles. The van der Waals surface area contributed by atoms with Gasteiger partial charge in [-0.2, -0.15) is 0 Å².